The molecule has 2 bridgehead atoms. The van der Waals surface area contributed by atoms with Crippen LogP contribution in [0.1, 0.15) is 47.5 Å². The van der Waals surface area contributed by atoms with Gasteiger partial charge in [0, 0.05) is 55.0 Å². The van der Waals surface area contributed by atoms with E-state index in [1.807, 2.05) is 47.0 Å². The number of benzene rings is 1. The number of fused-ring (bicyclic) bond motifs is 5. The smallest absolute Gasteiger partial charge is 0.306 e. The molecule has 0 spiro atoms. The van der Waals surface area contributed by atoms with E-state index >= 15 is 0 Å². The quantitative estimate of drug-likeness (QED) is 0.380. The molecule has 2 aliphatic rings. The van der Waals surface area contributed by atoms with Gasteiger partial charge in [-0.05, 0) is 42.2 Å². The zero-order valence-electron chi connectivity index (χ0n) is 21.6. The van der Waals surface area contributed by atoms with Gasteiger partial charge in [0.25, 0.3) is 5.56 Å². The van der Waals surface area contributed by atoms with Crippen molar-refractivity contribution in [1.29, 1.82) is 0 Å². The lowest BCUT2D eigenvalue weighted by Crippen LogP contribution is -2.46. The molecule has 9 nitrogen and oxygen atoms in total. The lowest BCUT2D eigenvalue weighted by molar-refractivity contribution is -0.140. The van der Waals surface area contributed by atoms with Crippen molar-refractivity contribution in [2.75, 3.05) is 20.2 Å². The molecule has 39 heavy (non-hydrogen) atoms. The number of piperidine rings is 1. The lowest BCUT2D eigenvalue weighted by atomic mass is 9.83. The van der Waals surface area contributed by atoms with Gasteiger partial charge in [0.2, 0.25) is 11.2 Å². The Hall–Kier alpha value is -4.24. The van der Waals surface area contributed by atoms with Gasteiger partial charge >= 0.3 is 5.97 Å². The topological polar surface area (TPSA) is 115 Å². The summed E-state index contributed by atoms with van der Waals surface area (Å²) in [5.74, 6) is -0.741. The number of ether oxygens (including phenoxy) is 1. The predicted molar refractivity (Wildman–Crippen MR) is 144 cm³/mol. The van der Waals surface area contributed by atoms with E-state index < -0.39 is 23.1 Å². The second-order valence-electron chi connectivity index (χ2n) is 10.5. The number of aromatic nitrogens is 2. The molecule has 6 rings (SSSR count). The Balaban J connectivity index is 1.33. The first kappa shape index (κ1) is 25.1. The molecule has 200 valence electrons. The number of hydrogen-bond donors (Lipinski definition) is 1. The van der Waals surface area contributed by atoms with Crippen LogP contribution in [0.5, 0.6) is 5.75 Å². The summed E-state index contributed by atoms with van der Waals surface area (Å²) in [6.07, 6.45) is 2.61. The van der Waals surface area contributed by atoms with Crippen LogP contribution in [-0.2, 0) is 22.6 Å². The van der Waals surface area contributed by atoms with Crippen molar-refractivity contribution < 1.29 is 19.1 Å². The minimum atomic E-state index is -0.728. The molecule has 3 atom stereocenters. The minimum Gasteiger partial charge on any atom is -0.502 e. The van der Waals surface area contributed by atoms with Crippen molar-refractivity contribution in [2.45, 2.75) is 37.8 Å². The summed E-state index contributed by atoms with van der Waals surface area (Å²) in [5.41, 5.74) is 2.01. The van der Waals surface area contributed by atoms with Crippen molar-refractivity contribution in [1.82, 2.24) is 14.5 Å². The molecule has 4 aromatic rings. The van der Waals surface area contributed by atoms with Gasteiger partial charge in [-0.2, -0.15) is 0 Å². The number of carbonyl (C=O) groups is 1. The number of methoxy groups -OCH3 is 1. The first-order valence-electron chi connectivity index (χ1n) is 13.1. The average Bonchev–Trinajstić information content (AvgIpc) is 2.94. The van der Waals surface area contributed by atoms with E-state index in [1.165, 1.54) is 13.2 Å². The van der Waals surface area contributed by atoms with Crippen LogP contribution >= 0.6 is 0 Å². The molecule has 0 aliphatic carbocycles. The zero-order valence-corrected chi connectivity index (χ0v) is 21.6. The maximum atomic E-state index is 12.9. The molecule has 1 fully saturated rings. The van der Waals surface area contributed by atoms with Crippen LogP contribution < -0.4 is 11.0 Å². The summed E-state index contributed by atoms with van der Waals surface area (Å²) in [6.45, 7) is 2.54. The van der Waals surface area contributed by atoms with Crippen molar-refractivity contribution in [2.24, 2.45) is 5.92 Å². The van der Waals surface area contributed by atoms with Gasteiger partial charge in [0.15, 0.2) is 5.76 Å². The summed E-state index contributed by atoms with van der Waals surface area (Å²) >= 11 is 0. The Bertz CT molecular complexity index is 1680. The van der Waals surface area contributed by atoms with Crippen molar-refractivity contribution >= 4 is 16.9 Å². The van der Waals surface area contributed by atoms with E-state index in [2.05, 4.69) is 9.88 Å². The highest BCUT2D eigenvalue weighted by Crippen LogP contribution is 2.37. The molecular weight excluding hydrogens is 498 g/mol. The van der Waals surface area contributed by atoms with Gasteiger partial charge < -0.3 is 18.8 Å². The maximum Gasteiger partial charge on any atom is 0.306 e. The Morgan fingerprint density at radius 3 is 2.85 bits per heavy atom. The third-order valence-corrected chi connectivity index (χ3v) is 7.88. The fourth-order valence-electron chi connectivity index (χ4n) is 6.14. The highest BCUT2D eigenvalue weighted by Gasteiger charge is 2.35. The summed E-state index contributed by atoms with van der Waals surface area (Å²) in [5, 5.41) is 11.7. The number of aromatic hydroxyl groups is 1. The van der Waals surface area contributed by atoms with Gasteiger partial charge in [0.05, 0.1) is 31.5 Å². The van der Waals surface area contributed by atoms with Crippen molar-refractivity contribution in [3.8, 4) is 5.75 Å². The molecule has 1 N–H and O–H groups in total. The first-order valence-corrected chi connectivity index (χ1v) is 13.1. The molecule has 0 amide bonds. The lowest BCUT2D eigenvalue weighted by Gasteiger charge is -2.42. The van der Waals surface area contributed by atoms with E-state index in [0.717, 1.165) is 36.1 Å². The molecule has 0 unspecified atom stereocenters. The van der Waals surface area contributed by atoms with Crippen molar-refractivity contribution in [3.05, 3.63) is 104 Å². The fraction of sp³-hybridized carbons (Fsp3) is 0.333. The molecule has 1 aromatic carbocycles. The minimum absolute atomic E-state index is 0.0333. The van der Waals surface area contributed by atoms with Gasteiger partial charge in [-0.15, -0.1) is 0 Å². The fourth-order valence-corrected chi connectivity index (χ4v) is 6.14. The Morgan fingerprint density at radius 1 is 1.13 bits per heavy atom. The van der Waals surface area contributed by atoms with Crippen molar-refractivity contribution in [3.63, 3.8) is 0 Å². The number of carbonyl (C=O) groups excluding carboxylic acids is 1. The second kappa shape index (κ2) is 10.1. The van der Waals surface area contributed by atoms with Crippen LogP contribution in [0, 0.1) is 5.92 Å². The van der Waals surface area contributed by atoms with Crippen LogP contribution in [0.3, 0.4) is 0 Å². The molecule has 0 saturated carbocycles. The van der Waals surface area contributed by atoms with E-state index in [1.54, 1.807) is 12.3 Å². The highest BCUT2D eigenvalue weighted by molar-refractivity contribution is 5.80. The molecule has 5 heterocycles. The second-order valence-corrected chi connectivity index (χ2v) is 10.5. The van der Waals surface area contributed by atoms with E-state index in [9.17, 15) is 19.5 Å². The monoisotopic (exact) mass is 527 g/mol. The Labute approximate surface area is 224 Å². The number of likely N-dealkylation sites (tertiary alicyclic amines) is 1. The molecule has 9 heteroatoms. The van der Waals surface area contributed by atoms with Crippen LogP contribution in [0.15, 0.2) is 74.8 Å². The van der Waals surface area contributed by atoms with E-state index in [-0.39, 0.29) is 23.7 Å². The standard InChI is InChI=1S/C30H29N3O6/c1-38-28(36)13-23(19-7-8-24-20(11-19)4-3-9-31-24)30-29(37)26(34)12-22(39-30)17-32-14-18-10-21(16-32)25-5-2-6-27(35)33(25)15-18/h2-9,11-12,18,21,23,37H,10,13-17H2,1H3/t18-,21+,23-/m0/s1. The van der Waals surface area contributed by atoms with Crippen LogP contribution in [0.4, 0.5) is 0 Å². The zero-order chi connectivity index (χ0) is 27.1. The Morgan fingerprint density at radius 2 is 2.00 bits per heavy atom. The molecule has 0 radical (unpaired) electrons. The number of hydrogen-bond acceptors (Lipinski definition) is 8. The third kappa shape index (κ3) is 4.85. The van der Waals surface area contributed by atoms with E-state index in [4.69, 9.17) is 9.15 Å². The normalized spacial score (nSPS) is 19.4. The number of nitrogens with zero attached hydrogens (tertiary/aromatic N) is 3. The summed E-state index contributed by atoms with van der Waals surface area (Å²) in [6, 6.07) is 16.0. The first-order chi connectivity index (χ1) is 18.9. The highest BCUT2D eigenvalue weighted by atomic mass is 16.5. The molecule has 2 aliphatic heterocycles. The van der Waals surface area contributed by atoms with Crippen LogP contribution in [0.2, 0.25) is 0 Å². The number of pyridine rings is 2. The summed E-state index contributed by atoms with van der Waals surface area (Å²) in [7, 11) is 1.30. The molecule has 1 saturated heterocycles. The van der Waals surface area contributed by atoms with E-state index in [0.29, 0.717) is 30.3 Å². The number of rotatable bonds is 6. The molecule has 3 aromatic heterocycles. The Kier molecular flexibility index (Phi) is 6.52. The largest absolute Gasteiger partial charge is 0.502 e. The maximum absolute atomic E-state index is 12.9. The summed E-state index contributed by atoms with van der Waals surface area (Å²) in [4.78, 5) is 44.3. The number of esters is 1. The third-order valence-electron chi connectivity index (χ3n) is 7.88. The SMILES string of the molecule is COC(=O)C[C@@H](c1ccc2ncccc2c1)c1oc(CN2C[C@@H]3C[C@H](C2)c2cccc(=O)n2C3)cc(=O)c1O. The van der Waals surface area contributed by atoms with Crippen LogP contribution in [0.25, 0.3) is 10.9 Å². The van der Waals surface area contributed by atoms with Crippen LogP contribution in [-0.4, -0.2) is 45.7 Å². The average molecular weight is 528 g/mol. The summed E-state index contributed by atoms with van der Waals surface area (Å²) < 4.78 is 13.0. The molecular formula is C30H29N3O6. The van der Waals surface area contributed by atoms with Gasteiger partial charge in [-0.25, -0.2) is 0 Å². The van der Waals surface area contributed by atoms with Gasteiger partial charge in [-0.1, -0.05) is 18.2 Å². The van der Waals surface area contributed by atoms with Gasteiger partial charge in [-0.3, -0.25) is 24.3 Å². The predicted octanol–water partition coefficient (Wildman–Crippen LogP) is 3.37. The van der Waals surface area contributed by atoms with Gasteiger partial charge in [0.1, 0.15) is 5.76 Å².